The Morgan fingerprint density at radius 2 is 2.36 bits per heavy atom. The lowest BCUT2D eigenvalue weighted by molar-refractivity contribution is 0.0701. The molecule has 0 saturated carbocycles. The Kier molecular flexibility index (Phi) is 2.14. The molecule has 0 atom stereocenters. The first-order chi connectivity index (χ1) is 5.16. The molecule has 1 aromatic heterocycles. The average Bonchev–Trinajstić information content (AvgIpc) is 2.30. The summed E-state index contributed by atoms with van der Waals surface area (Å²) in [5, 5.41) is 13.4. The summed E-state index contributed by atoms with van der Waals surface area (Å²) in [5.41, 5.74) is 1.71. The molecule has 0 unspecified atom stereocenters. The molecule has 0 aliphatic rings. The highest BCUT2D eigenvalue weighted by Gasteiger charge is 2.11. The maximum absolute atomic E-state index is 10.5. The fraction of sp³-hybridized carbons (Fsp3) is 0.286. The van der Waals surface area contributed by atoms with E-state index >= 15 is 0 Å². The van der Waals surface area contributed by atoms with E-state index in [0.717, 1.165) is 11.3 Å². The number of anilines is 1. The quantitative estimate of drug-likeness (QED) is 0.713. The van der Waals surface area contributed by atoms with Crippen LogP contribution in [0.1, 0.15) is 15.2 Å². The molecule has 0 radical (unpaired) electrons. The number of hydrogen-bond acceptors (Lipinski definition) is 3. The van der Waals surface area contributed by atoms with Gasteiger partial charge in [0.25, 0.3) is 0 Å². The SMILES string of the molecule is CNc1csc(C(=O)O)c1C. The first-order valence-corrected chi connectivity index (χ1v) is 4.04. The summed E-state index contributed by atoms with van der Waals surface area (Å²) in [7, 11) is 1.78. The molecular weight excluding hydrogens is 162 g/mol. The van der Waals surface area contributed by atoms with Crippen molar-refractivity contribution in [1.29, 1.82) is 0 Å². The van der Waals surface area contributed by atoms with E-state index < -0.39 is 5.97 Å². The molecule has 11 heavy (non-hydrogen) atoms. The third-order valence-electron chi connectivity index (χ3n) is 1.50. The summed E-state index contributed by atoms with van der Waals surface area (Å²) in [6.45, 7) is 1.80. The molecule has 3 nitrogen and oxygen atoms in total. The van der Waals surface area contributed by atoms with E-state index in [1.165, 1.54) is 11.3 Å². The molecule has 60 valence electrons. The Morgan fingerprint density at radius 1 is 1.73 bits per heavy atom. The molecule has 1 heterocycles. The van der Waals surface area contributed by atoms with Crippen molar-refractivity contribution in [3.8, 4) is 0 Å². The van der Waals surface area contributed by atoms with Gasteiger partial charge in [-0.2, -0.15) is 0 Å². The second-order valence-corrected chi connectivity index (χ2v) is 3.04. The Morgan fingerprint density at radius 3 is 2.64 bits per heavy atom. The van der Waals surface area contributed by atoms with Crippen molar-refractivity contribution in [2.45, 2.75) is 6.92 Å². The predicted octanol–water partition coefficient (Wildman–Crippen LogP) is 1.80. The van der Waals surface area contributed by atoms with E-state index in [0.29, 0.717) is 4.88 Å². The minimum atomic E-state index is -0.853. The van der Waals surface area contributed by atoms with Gasteiger partial charge in [-0.3, -0.25) is 0 Å². The van der Waals surface area contributed by atoms with Gasteiger partial charge in [0.1, 0.15) is 4.88 Å². The maximum atomic E-state index is 10.5. The summed E-state index contributed by atoms with van der Waals surface area (Å²) in [5.74, 6) is -0.853. The van der Waals surface area contributed by atoms with Crippen LogP contribution < -0.4 is 5.32 Å². The number of hydrogen-bond donors (Lipinski definition) is 2. The molecule has 1 aromatic rings. The third-order valence-corrected chi connectivity index (χ3v) is 2.57. The Hall–Kier alpha value is -1.03. The summed E-state index contributed by atoms with van der Waals surface area (Å²) < 4.78 is 0. The predicted molar refractivity (Wildman–Crippen MR) is 45.6 cm³/mol. The highest BCUT2D eigenvalue weighted by molar-refractivity contribution is 7.12. The van der Waals surface area contributed by atoms with Crippen LogP contribution >= 0.6 is 11.3 Å². The van der Waals surface area contributed by atoms with Crippen molar-refractivity contribution >= 4 is 23.0 Å². The minimum Gasteiger partial charge on any atom is -0.477 e. The highest BCUT2D eigenvalue weighted by atomic mass is 32.1. The second-order valence-electron chi connectivity index (χ2n) is 2.16. The molecular formula is C7H9NO2S. The number of rotatable bonds is 2. The van der Waals surface area contributed by atoms with Crippen molar-refractivity contribution in [3.05, 3.63) is 15.8 Å². The van der Waals surface area contributed by atoms with Crippen molar-refractivity contribution in [3.63, 3.8) is 0 Å². The van der Waals surface area contributed by atoms with Gasteiger partial charge < -0.3 is 10.4 Å². The maximum Gasteiger partial charge on any atom is 0.346 e. The van der Waals surface area contributed by atoms with Gasteiger partial charge >= 0.3 is 5.97 Å². The van der Waals surface area contributed by atoms with Crippen LogP contribution in [-0.4, -0.2) is 18.1 Å². The number of carbonyl (C=O) groups is 1. The summed E-state index contributed by atoms with van der Waals surface area (Å²) in [4.78, 5) is 10.9. The zero-order chi connectivity index (χ0) is 8.43. The standard InChI is InChI=1S/C7H9NO2S/c1-4-5(8-2)3-11-6(4)7(9)10/h3,8H,1-2H3,(H,9,10). The molecule has 0 spiro atoms. The molecule has 4 heteroatoms. The monoisotopic (exact) mass is 171 g/mol. The largest absolute Gasteiger partial charge is 0.477 e. The molecule has 0 aliphatic heterocycles. The molecule has 0 saturated heterocycles. The van der Waals surface area contributed by atoms with E-state index in [9.17, 15) is 4.79 Å². The smallest absolute Gasteiger partial charge is 0.346 e. The summed E-state index contributed by atoms with van der Waals surface area (Å²) in [6.07, 6.45) is 0. The number of nitrogens with one attached hydrogen (secondary N) is 1. The van der Waals surface area contributed by atoms with Crippen molar-refractivity contribution in [2.75, 3.05) is 12.4 Å². The minimum absolute atomic E-state index is 0.411. The fourth-order valence-electron chi connectivity index (χ4n) is 0.874. The Balaban J connectivity index is 3.10. The van der Waals surface area contributed by atoms with Gasteiger partial charge in [0, 0.05) is 18.1 Å². The van der Waals surface area contributed by atoms with Crippen molar-refractivity contribution in [2.24, 2.45) is 0 Å². The third kappa shape index (κ3) is 1.35. The highest BCUT2D eigenvalue weighted by Crippen LogP contribution is 2.25. The van der Waals surface area contributed by atoms with Crippen molar-refractivity contribution < 1.29 is 9.90 Å². The number of aromatic carboxylic acids is 1. The molecule has 0 amide bonds. The zero-order valence-electron chi connectivity index (χ0n) is 6.34. The van der Waals surface area contributed by atoms with Crippen LogP contribution in [0.2, 0.25) is 0 Å². The van der Waals surface area contributed by atoms with Gasteiger partial charge in [0.05, 0.1) is 0 Å². The second kappa shape index (κ2) is 2.92. The van der Waals surface area contributed by atoms with Crippen LogP contribution in [0.25, 0.3) is 0 Å². The summed E-state index contributed by atoms with van der Waals surface area (Å²) in [6, 6.07) is 0. The van der Waals surface area contributed by atoms with Gasteiger partial charge in [0.15, 0.2) is 0 Å². The molecule has 0 aromatic carbocycles. The lowest BCUT2D eigenvalue weighted by atomic mass is 10.2. The topological polar surface area (TPSA) is 49.3 Å². The lowest BCUT2D eigenvalue weighted by Gasteiger charge is -1.96. The fourth-order valence-corrected chi connectivity index (χ4v) is 1.79. The van der Waals surface area contributed by atoms with Crippen LogP contribution in [-0.2, 0) is 0 Å². The van der Waals surface area contributed by atoms with Gasteiger partial charge in [0.2, 0.25) is 0 Å². The molecule has 0 bridgehead atoms. The van der Waals surface area contributed by atoms with Gasteiger partial charge in [-0.1, -0.05) is 0 Å². The first kappa shape index (κ1) is 8.07. The van der Waals surface area contributed by atoms with Crippen LogP contribution in [0.5, 0.6) is 0 Å². The number of carboxylic acid groups (broad SMARTS) is 1. The van der Waals surface area contributed by atoms with E-state index in [4.69, 9.17) is 5.11 Å². The van der Waals surface area contributed by atoms with Gasteiger partial charge in [-0.15, -0.1) is 11.3 Å². The first-order valence-electron chi connectivity index (χ1n) is 3.16. The average molecular weight is 171 g/mol. The molecule has 0 fully saturated rings. The summed E-state index contributed by atoms with van der Waals surface area (Å²) >= 11 is 1.25. The normalized spacial score (nSPS) is 9.64. The molecule has 2 N–H and O–H groups in total. The Labute approximate surface area is 68.7 Å². The molecule has 0 aliphatic carbocycles. The van der Waals surface area contributed by atoms with Crippen molar-refractivity contribution in [1.82, 2.24) is 0 Å². The lowest BCUT2D eigenvalue weighted by Crippen LogP contribution is -1.96. The van der Waals surface area contributed by atoms with Crippen LogP contribution in [0.15, 0.2) is 5.38 Å². The van der Waals surface area contributed by atoms with Crippen LogP contribution in [0, 0.1) is 6.92 Å². The van der Waals surface area contributed by atoms with Gasteiger partial charge in [-0.05, 0) is 12.5 Å². The number of thiophene rings is 1. The van der Waals surface area contributed by atoms with Crippen LogP contribution in [0.4, 0.5) is 5.69 Å². The van der Waals surface area contributed by atoms with E-state index in [1.807, 2.05) is 0 Å². The van der Waals surface area contributed by atoms with E-state index in [1.54, 1.807) is 19.4 Å². The number of carboxylic acids is 1. The Bertz CT molecular complexity index is 280. The van der Waals surface area contributed by atoms with E-state index in [-0.39, 0.29) is 0 Å². The molecule has 1 rings (SSSR count). The zero-order valence-corrected chi connectivity index (χ0v) is 7.16. The van der Waals surface area contributed by atoms with Gasteiger partial charge in [-0.25, -0.2) is 4.79 Å². The van der Waals surface area contributed by atoms with Crippen LogP contribution in [0.3, 0.4) is 0 Å². The van der Waals surface area contributed by atoms with E-state index in [2.05, 4.69) is 5.32 Å².